The molecule has 0 heterocycles. The average molecular weight is 333 g/mol. The summed E-state index contributed by atoms with van der Waals surface area (Å²) in [7, 11) is 0. The van der Waals surface area contributed by atoms with E-state index in [9.17, 15) is 4.79 Å². The van der Waals surface area contributed by atoms with Crippen molar-refractivity contribution in [2.45, 2.75) is 13.8 Å². The van der Waals surface area contributed by atoms with Crippen LogP contribution in [0.3, 0.4) is 0 Å². The van der Waals surface area contributed by atoms with Crippen molar-refractivity contribution in [3.05, 3.63) is 53.0 Å². The number of para-hydroxylation sites is 1. The molecule has 104 valence electrons. The second-order valence-electron chi connectivity index (χ2n) is 4.82. The second-order valence-corrected chi connectivity index (χ2v) is 5.74. The number of benzene rings is 2. The third-order valence-electron chi connectivity index (χ3n) is 2.82. The van der Waals surface area contributed by atoms with Gasteiger partial charge in [0, 0.05) is 16.1 Å². The smallest absolute Gasteiger partial charge is 0.226 e. The maximum atomic E-state index is 11.9. The number of amides is 1. The molecule has 2 aromatic rings. The zero-order chi connectivity index (χ0) is 14.5. The lowest BCUT2D eigenvalue weighted by molar-refractivity contribution is -0.118. The summed E-state index contributed by atoms with van der Waals surface area (Å²) in [6, 6.07) is 15.6. The predicted octanol–water partition coefficient (Wildman–Crippen LogP) is 4.79. The molecule has 2 rings (SSSR count). The molecule has 20 heavy (non-hydrogen) atoms. The molecule has 3 nitrogen and oxygen atoms in total. The van der Waals surface area contributed by atoms with Crippen LogP contribution in [0.5, 0.6) is 0 Å². The summed E-state index contributed by atoms with van der Waals surface area (Å²) in [5, 5.41) is 6.25. The van der Waals surface area contributed by atoms with Crippen molar-refractivity contribution in [3.8, 4) is 0 Å². The van der Waals surface area contributed by atoms with Crippen LogP contribution in [0.4, 0.5) is 17.1 Å². The summed E-state index contributed by atoms with van der Waals surface area (Å²) in [6.07, 6.45) is 0. The molecule has 0 aromatic heterocycles. The second kappa shape index (κ2) is 6.57. The predicted molar refractivity (Wildman–Crippen MR) is 87.3 cm³/mol. The highest BCUT2D eigenvalue weighted by Gasteiger charge is 2.11. The number of hydrogen-bond donors (Lipinski definition) is 2. The van der Waals surface area contributed by atoms with Gasteiger partial charge in [-0.1, -0.05) is 48.0 Å². The van der Waals surface area contributed by atoms with Crippen molar-refractivity contribution >= 4 is 38.9 Å². The van der Waals surface area contributed by atoms with Gasteiger partial charge in [0.25, 0.3) is 0 Å². The Morgan fingerprint density at radius 2 is 1.75 bits per heavy atom. The fourth-order valence-corrected chi connectivity index (χ4v) is 2.04. The normalized spacial score (nSPS) is 10.4. The molecule has 0 radical (unpaired) electrons. The maximum Gasteiger partial charge on any atom is 0.226 e. The van der Waals surface area contributed by atoms with Gasteiger partial charge in [0.1, 0.15) is 0 Å². The number of nitrogens with one attached hydrogen (secondary N) is 2. The topological polar surface area (TPSA) is 41.1 Å². The van der Waals surface area contributed by atoms with E-state index < -0.39 is 0 Å². The molecule has 0 fully saturated rings. The Labute approximate surface area is 127 Å². The van der Waals surface area contributed by atoms with E-state index in [0.29, 0.717) is 0 Å². The van der Waals surface area contributed by atoms with Crippen molar-refractivity contribution in [2.75, 3.05) is 10.6 Å². The zero-order valence-electron chi connectivity index (χ0n) is 11.5. The van der Waals surface area contributed by atoms with Crippen LogP contribution in [0.15, 0.2) is 53.0 Å². The largest absolute Gasteiger partial charge is 0.354 e. The van der Waals surface area contributed by atoms with E-state index in [2.05, 4.69) is 26.6 Å². The fourth-order valence-electron chi connectivity index (χ4n) is 1.68. The van der Waals surface area contributed by atoms with E-state index in [1.807, 2.05) is 62.4 Å². The number of anilines is 3. The van der Waals surface area contributed by atoms with E-state index in [1.165, 1.54) is 0 Å². The van der Waals surface area contributed by atoms with Gasteiger partial charge in [-0.25, -0.2) is 0 Å². The summed E-state index contributed by atoms with van der Waals surface area (Å²) in [6.45, 7) is 3.75. The summed E-state index contributed by atoms with van der Waals surface area (Å²) in [5.41, 5.74) is 2.62. The minimum absolute atomic E-state index is 0.000730. The summed E-state index contributed by atoms with van der Waals surface area (Å²) < 4.78 is 0.926. The lowest BCUT2D eigenvalue weighted by Gasteiger charge is -2.15. The quantitative estimate of drug-likeness (QED) is 0.845. The molecule has 0 unspecified atom stereocenters. The van der Waals surface area contributed by atoms with Crippen LogP contribution in [0.2, 0.25) is 0 Å². The number of rotatable bonds is 4. The summed E-state index contributed by atoms with van der Waals surface area (Å²) in [5.74, 6) is -0.0576. The van der Waals surface area contributed by atoms with E-state index in [4.69, 9.17) is 0 Å². The van der Waals surface area contributed by atoms with Gasteiger partial charge in [-0.2, -0.15) is 0 Å². The lowest BCUT2D eigenvalue weighted by Crippen LogP contribution is -2.18. The van der Waals surface area contributed by atoms with Gasteiger partial charge in [-0.3, -0.25) is 4.79 Å². The molecule has 0 aliphatic rings. The monoisotopic (exact) mass is 332 g/mol. The molecule has 0 aliphatic heterocycles. The maximum absolute atomic E-state index is 11.9. The molecule has 4 heteroatoms. The summed E-state index contributed by atoms with van der Waals surface area (Å²) >= 11 is 3.43. The van der Waals surface area contributed by atoms with Crippen molar-refractivity contribution in [3.63, 3.8) is 0 Å². The van der Waals surface area contributed by atoms with Crippen molar-refractivity contribution in [1.82, 2.24) is 0 Å². The first-order valence-corrected chi connectivity index (χ1v) is 7.28. The zero-order valence-corrected chi connectivity index (χ0v) is 13.1. The Balaban J connectivity index is 2.26. The van der Waals surface area contributed by atoms with Gasteiger partial charge in [0.05, 0.1) is 11.4 Å². The minimum Gasteiger partial charge on any atom is -0.354 e. The lowest BCUT2D eigenvalue weighted by atomic mass is 10.2. The molecule has 0 aliphatic carbocycles. The molecule has 0 saturated carbocycles. The molecule has 0 spiro atoms. The highest BCUT2D eigenvalue weighted by Crippen LogP contribution is 2.29. The first kappa shape index (κ1) is 14.6. The minimum atomic E-state index is -0.0569. The van der Waals surface area contributed by atoms with Gasteiger partial charge in [0.2, 0.25) is 5.91 Å². The van der Waals surface area contributed by atoms with Crippen LogP contribution in [-0.2, 0) is 4.79 Å². The summed E-state index contributed by atoms with van der Waals surface area (Å²) in [4.78, 5) is 11.9. The number of halogens is 1. The molecule has 2 N–H and O–H groups in total. The molecule has 2 aromatic carbocycles. The Morgan fingerprint density at radius 1 is 1.05 bits per heavy atom. The van der Waals surface area contributed by atoms with Crippen molar-refractivity contribution in [2.24, 2.45) is 5.92 Å². The van der Waals surface area contributed by atoms with Crippen molar-refractivity contribution in [1.29, 1.82) is 0 Å². The van der Waals surface area contributed by atoms with Gasteiger partial charge in [0.15, 0.2) is 0 Å². The van der Waals surface area contributed by atoms with Gasteiger partial charge in [-0.05, 0) is 30.3 Å². The van der Waals surface area contributed by atoms with E-state index >= 15 is 0 Å². The van der Waals surface area contributed by atoms with Crippen LogP contribution in [-0.4, -0.2) is 5.91 Å². The molecule has 0 saturated heterocycles. The standard InChI is InChI=1S/C16H17BrN2O/c1-11(2)16(20)19-15-10-12(17)8-9-14(15)18-13-6-4-3-5-7-13/h3-11,18H,1-2H3,(H,19,20). The van der Waals surface area contributed by atoms with Gasteiger partial charge < -0.3 is 10.6 Å². The van der Waals surface area contributed by atoms with Crippen LogP contribution < -0.4 is 10.6 Å². The first-order chi connectivity index (χ1) is 9.56. The first-order valence-electron chi connectivity index (χ1n) is 6.49. The molecule has 0 atom stereocenters. The Kier molecular flexibility index (Phi) is 4.79. The van der Waals surface area contributed by atoms with Gasteiger partial charge in [-0.15, -0.1) is 0 Å². The molecule has 0 bridgehead atoms. The highest BCUT2D eigenvalue weighted by atomic mass is 79.9. The molecule has 1 amide bonds. The van der Waals surface area contributed by atoms with Crippen LogP contribution >= 0.6 is 15.9 Å². The highest BCUT2D eigenvalue weighted by molar-refractivity contribution is 9.10. The number of carbonyl (C=O) groups excluding carboxylic acids is 1. The van der Waals surface area contributed by atoms with Crippen LogP contribution in [0, 0.1) is 5.92 Å². The molecular formula is C16H17BrN2O. The fraction of sp³-hybridized carbons (Fsp3) is 0.188. The van der Waals surface area contributed by atoms with Crippen LogP contribution in [0.1, 0.15) is 13.8 Å². The van der Waals surface area contributed by atoms with Gasteiger partial charge >= 0.3 is 0 Å². The molecular weight excluding hydrogens is 316 g/mol. The van der Waals surface area contributed by atoms with Crippen LogP contribution in [0.25, 0.3) is 0 Å². The van der Waals surface area contributed by atoms with E-state index in [0.717, 1.165) is 21.5 Å². The Bertz CT molecular complexity index is 597. The number of carbonyl (C=O) groups is 1. The number of hydrogen-bond acceptors (Lipinski definition) is 2. The van der Waals surface area contributed by atoms with Crippen molar-refractivity contribution < 1.29 is 4.79 Å². The third kappa shape index (κ3) is 3.84. The average Bonchev–Trinajstić information content (AvgIpc) is 2.43. The Hall–Kier alpha value is -1.81. The SMILES string of the molecule is CC(C)C(=O)Nc1cc(Br)ccc1Nc1ccccc1. The Morgan fingerprint density at radius 3 is 2.40 bits per heavy atom. The van der Waals surface area contributed by atoms with E-state index in [-0.39, 0.29) is 11.8 Å². The van der Waals surface area contributed by atoms with E-state index in [1.54, 1.807) is 0 Å². The third-order valence-corrected chi connectivity index (χ3v) is 3.31.